The summed E-state index contributed by atoms with van der Waals surface area (Å²) in [7, 11) is 0. The molecule has 1 saturated heterocycles. The van der Waals surface area contributed by atoms with Crippen LogP contribution in [0.1, 0.15) is 20.8 Å². The number of carbonyl (C=O) groups is 2. The Morgan fingerprint density at radius 2 is 2.12 bits per heavy atom. The summed E-state index contributed by atoms with van der Waals surface area (Å²) in [4.78, 5) is 26.9. The number of nitrogens with one attached hydrogen (secondary N) is 1. The molecule has 0 unspecified atom stereocenters. The van der Waals surface area contributed by atoms with Crippen LogP contribution in [0.5, 0.6) is 0 Å². The smallest absolute Gasteiger partial charge is 0.239 e. The van der Waals surface area contributed by atoms with Crippen LogP contribution in [0, 0.1) is 0 Å². The molecule has 1 aliphatic rings. The molecular formula is C11H21N3O2. The van der Waals surface area contributed by atoms with Gasteiger partial charge in [-0.25, -0.2) is 0 Å². The van der Waals surface area contributed by atoms with Crippen LogP contribution in [-0.2, 0) is 9.59 Å². The van der Waals surface area contributed by atoms with Crippen molar-refractivity contribution < 1.29 is 9.59 Å². The molecule has 0 aliphatic carbocycles. The summed E-state index contributed by atoms with van der Waals surface area (Å²) in [6.07, 6.45) is 0. The van der Waals surface area contributed by atoms with Crippen molar-refractivity contribution in [2.45, 2.75) is 26.8 Å². The van der Waals surface area contributed by atoms with Gasteiger partial charge in [-0.2, -0.15) is 0 Å². The van der Waals surface area contributed by atoms with E-state index in [9.17, 15) is 9.59 Å². The van der Waals surface area contributed by atoms with Crippen molar-refractivity contribution in [1.82, 2.24) is 15.1 Å². The molecule has 16 heavy (non-hydrogen) atoms. The van der Waals surface area contributed by atoms with Crippen molar-refractivity contribution in [1.29, 1.82) is 0 Å². The molecule has 2 amide bonds. The highest BCUT2D eigenvalue weighted by Gasteiger charge is 2.26. The molecule has 0 aromatic rings. The van der Waals surface area contributed by atoms with Crippen LogP contribution >= 0.6 is 0 Å². The number of rotatable bonds is 4. The Hall–Kier alpha value is -1.10. The Kier molecular flexibility index (Phi) is 4.73. The minimum Gasteiger partial charge on any atom is -0.355 e. The lowest BCUT2D eigenvalue weighted by Gasteiger charge is -2.36. The second kappa shape index (κ2) is 5.84. The topological polar surface area (TPSA) is 52.7 Å². The van der Waals surface area contributed by atoms with Gasteiger partial charge in [-0.15, -0.1) is 0 Å². The zero-order valence-corrected chi connectivity index (χ0v) is 10.3. The van der Waals surface area contributed by atoms with Crippen molar-refractivity contribution in [2.24, 2.45) is 0 Å². The maximum absolute atomic E-state index is 11.8. The van der Waals surface area contributed by atoms with E-state index in [1.165, 1.54) is 0 Å². The van der Waals surface area contributed by atoms with Gasteiger partial charge in [-0.3, -0.25) is 14.5 Å². The lowest BCUT2D eigenvalue weighted by Crippen LogP contribution is -2.54. The largest absolute Gasteiger partial charge is 0.355 e. The third kappa shape index (κ3) is 3.48. The Labute approximate surface area is 96.8 Å². The van der Waals surface area contributed by atoms with Gasteiger partial charge in [0.25, 0.3) is 0 Å². The van der Waals surface area contributed by atoms with Gasteiger partial charge in [-0.05, 0) is 20.8 Å². The Morgan fingerprint density at radius 1 is 1.44 bits per heavy atom. The third-order valence-electron chi connectivity index (χ3n) is 2.79. The normalized spacial score (nSPS) is 18.0. The highest BCUT2D eigenvalue weighted by molar-refractivity contribution is 5.86. The first kappa shape index (κ1) is 13.0. The van der Waals surface area contributed by atoms with E-state index in [1.807, 2.05) is 6.92 Å². The first-order chi connectivity index (χ1) is 7.54. The van der Waals surface area contributed by atoms with Crippen molar-refractivity contribution in [3.05, 3.63) is 0 Å². The SMILES string of the molecule is CCNC(=O)CN1CCN(C(C)C)CC1=O. The van der Waals surface area contributed by atoms with Gasteiger partial charge in [0.1, 0.15) is 0 Å². The fourth-order valence-electron chi connectivity index (χ4n) is 1.76. The Balaban J connectivity index is 2.42. The first-order valence-electron chi connectivity index (χ1n) is 5.83. The molecule has 1 fully saturated rings. The molecule has 0 aromatic heterocycles. The van der Waals surface area contributed by atoms with Gasteiger partial charge in [0.2, 0.25) is 11.8 Å². The minimum atomic E-state index is -0.0751. The predicted octanol–water partition coefficient (Wildman–Crippen LogP) is -0.325. The molecule has 0 spiro atoms. The summed E-state index contributed by atoms with van der Waals surface area (Å²) in [6, 6.07) is 0.385. The molecule has 0 saturated carbocycles. The highest BCUT2D eigenvalue weighted by atomic mass is 16.2. The Morgan fingerprint density at radius 3 is 2.62 bits per heavy atom. The summed E-state index contributed by atoms with van der Waals surface area (Å²) >= 11 is 0. The van der Waals surface area contributed by atoms with Crippen molar-refractivity contribution in [3.8, 4) is 0 Å². The molecule has 1 aliphatic heterocycles. The molecule has 0 bridgehead atoms. The van der Waals surface area contributed by atoms with Crippen molar-refractivity contribution in [2.75, 3.05) is 32.7 Å². The second-order valence-electron chi connectivity index (χ2n) is 4.33. The summed E-state index contributed by atoms with van der Waals surface area (Å²) < 4.78 is 0. The van der Waals surface area contributed by atoms with E-state index in [4.69, 9.17) is 0 Å². The summed E-state index contributed by atoms with van der Waals surface area (Å²) in [5, 5.41) is 2.70. The van der Waals surface area contributed by atoms with Gasteiger partial charge in [0.05, 0.1) is 13.1 Å². The number of likely N-dealkylation sites (N-methyl/N-ethyl adjacent to an activating group) is 1. The highest BCUT2D eigenvalue weighted by Crippen LogP contribution is 2.06. The maximum Gasteiger partial charge on any atom is 0.239 e. The van der Waals surface area contributed by atoms with Crippen LogP contribution in [0.25, 0.3) is 0 Å². The average molecular weight is 227 g/mol. The lowest BCUT2D eigenvalue weighted by atomic mass is 10.2. The number of hydrogen-bond donors (Lipinski definition) is 1. The van der Waals surface area contributed by atoms with E-state index >= 15 is 0 Å². The zero-order chi connectivity index (χ0) is 12.1. The van der Waals surface area contributed by atoms with E-state index in [0.29, 0.717) is 25.7 Å². The quantitative estimate of drug-likeness (QED) is 0.716. The summed E-state index contributed by atoms with van der Waals surface area (Å²) in [5.74, 6) is -0.0277. The van der Waals surface area contributed by atoms with Gasteiger partial charge < -0.3 is 10.2 Å². The van der Waals surface area contributed by atoms with Crippen LogP contribution in [0.4, 0.5) is 0 Å². The van der Waals surface area contributed by atoms with E-state index in [0.717, 1.165) is 6.54 Å². The predicted molar refractivity (Wildman–Crippen MR) is 62.0 cm³/mol. The van der Waals surface area contributed by atoms with Crippen LogP contribution < -0.4 is 5.32 Å². The van der Waals surface area contributed by atoms with E-state index in [1.54, 1.807) is 4.90 Å². The second-order valence-corrected chi connectivity index (χ2v) is 4.33. The Bertz CT molecular complexity index is 266. The standard InChI is InChI=1S/C11H21N3O2/c1-4-12-10(15)7-14-6-5-13(9(2)3)8-11(14)16/h9H,4-8H2,1-3H3,(H,12,15). The van der Waals surface area contributed by atoms with E-state index in [-0.39, 0.29) is 18.4 Å². The number of hydrogen-bond acceptors (Lipinski definition) is 3. The number of amides is 2. The van der Waals surface area contributed by atoms with Gasteiger partial charge in [0.15, 0.2) is 0 Å². The number of piperazine rings is 1. The molecule has 5 nitrogen and oxygen atoms in total. The van der Waals surface area contributed by atoms with E-state index < -0.39 is 0 Å². The minimum absolute atomic E-state index is 0.0474. The monoisotopic (exact) mass is 227 g/mol. The van der Waals surface area contributed by atoms with Gasteiger partial charge in [-0.1, -0.05) is 0 Å². The average Bonchev–Trinajstić information content (AvgIpc) is 2.21. The summed E-state index contributed by atoms with van der Waals surface area (Å²) in [5.41, 5.74) is 0. The van der Waals surface area contributed by atoms with Crippen molar-refractivity contribution in [3.63, 3.8) is 0 Å². The molecule has 1 rings (SSSR count). The van der Waals surface area contributed by atoms with Crippen LogP contribution in [0.2, 0.25) is 0 Å². The third-order valence-corrected chi connectivity index (χ3v) is 2.79. The molecule has 92 valence electrons. The molecular weight excluding hydrogens is 206 g/mol. The van der Waals surface area contributed by atoms with Gasteiger partial charge in [0, 0.05) is 25.7 Å². The molecule has 5 heteroatoms. The molecule has 1 heterocycles. The van der Waals surface area contributed by atoms with Crippen molar-refractivity contribution >= 4 is 11.8 Å². The molecule has 0 radical (unpaired) electrons. The first-order valence-corrected chi connectivity index (χ1v) is 5.83. The van der Waals surface area contributed by atoms with E-state index in [2.05, 4.69) is 24.1 Å². The molecule has 0 aromatic carbocycles. The molecule has 0 atom stereocenters. The maximum atomic E-state index is 11.8. The van der Waals surface area contributed by atoms with Gasteiger partial charge >= 0.3 is 0 Å². The van der Waals surface area contributed by atoms with Crippen LogP contribution in [-0.4, -0.2) is 60.4 Å². The number of nitrogens with zero attached hydrogens (tertiary/aromatic N) is 2. The molecule has 1 N–H and O–H groups in total. The summed E-state index contributed by atoms with van der Waals surface area (Å²) in [6.45, 7) is 8.75. The fourth-order valence-corrected chi connectivity index (χ4v) is 1.76. The van der Waals surface area contributed by atoms with Crippen LogP contribution in [0.3, 0.4) is 0 Å². The fraction of sp³-hybridized carbons (Fsp3) is 0.818. The zero-order valence-electron chi connectivity index (χ0n) is 10.3. The number of carbonyl (C=O) groups excluding carboxylic acids is 2. The van der Waals surface area contributed by atoms with Crippen LogP contribution in [0.15, 0.2) is 0 Å². The lowest BCUT2D eigenvalue weighted by molar-refractivity contribution is -0.140.